The molecule has 0 saturated carbocycles. The van der Waals surface area contributed by atoms with Crippen LogP contribution in [-0.4, -0.2) is 49.2 Å². The summed E-state index contributed by atoms with van der Waals surface area (Å²) < 4.78 is 11.8. The second-order valence-electron chi connectivity index (χ2n) is 6.21. The molecule has 3 rings (SSSR count). The fraction of sp³-hybridized carbons (Fsp3) is 0.750. The molecule has 1 aromatic heterocycles. The van der Waals surface area contributed by atoms with Crippen LogP contribution in [0.1, 0.15) is 31.9 Å². The van der Waals surface area contributed by atoms with Crippen LogP contribution < -0.4 is 4.90 Å². The highest BCUT2D eigenvalue weighted by Crippen LogP contribution is 2.41. The van der Waals surface area contributed by atoms with E-state index < -0.39 is 0 Å². The summed E-state index contributed by atoms with van der Waals surface area (Å²) in [5.41, 5.74) is 1.07. The zero-order valence-electron chi connectivity index (χ0n) is 13.0. The molecule has 1 aromatic rings. The Labute approximate surface area is 126 Å². The predicted molar refractivity (Wildman–Crippen MR) is 81.5 cm³/mol. The van der Waals surface area contributed by atoms with E-state index in [0.29, 0.717) is 6.10 Å². The molecule has 5 heteroatoms. The lowest BCUT2D eigenvalue weighted by atomic mass is 9.73. The Morgan fingerprint density at radius 3 is 3.10 bits per heavy atom. The van der Waals surface area contributed by atoms with Gasteiger partial charge in [0.2, 0.25) is 0 Å². The maximum Gasteiger partial charge on any atom is 0.151 e. The number of anilines is 1. The molecule has 2 fully saturated rings. The second kappa shape index (κ2) is 6.28. The molecule has 0 aromatic carbocycles. The van der Waals surface area contributed by atoms with Gasteiger partial charge in [-0.15, -0.1) is 5.10 Å². The van der Waals surface area contributed by atoms with E-state index in [2.05, 4.69) is 28.1 Å². The first-order chi connectivity index (χ1) is 10.2. The molecule has 116 valence electrons. The quantitative estimate of drug-likeness (QED) is 0.851. The van der Waals surface area contributed by atoms with Gasteiger partial charge in [-0.1, -0.05) is 0 Å². The smallest absolute Gasteiger partial charge is 0.151 e. The minimum Gasteiger partial charge on any atom is -0.381 e. The van der Waals surface area contributed by atoms with Crippen LogP contribution in [0.5, 0.6) is 0 Å². The Morgan fingerprint density at radius 2 is 2.33 bits per heavy atom. The van der Waals surface area contributed by atoms with E-state index in [9.17, 15) is 0 Å². The molecule has 2 aliphatic heterocycles. The number of aromatic nitrogens is 2. The number of hydrogen-bond acceptors (Lipinski definition) is 5. The summed E-state index contributed by atoms with van der Waals surface area (Å²) in [6.07, 6.45) is 3.67. The lowest BCUT2D eigenvalue weighted by Crippen LogP contribution is -2.57. The molecule has 0 aliphatic carbocycles. The van der Waals surface area contributed by atoms with Gasteiger partial charge in [0.1, 0.15) is 0 Å². The number of nitrogens with zero attached hydrogens (tertiary/aromatic N) is 3. The van der Waals surface area contributed by atoms with Crippen LogP contribution in [0, 0.1) is 12.3 Å². The third-order valence-electron chi connectivity index (χ3n) is 4.69. The summed E-state index contributed by atoms with van der Waals surface area (Å²) >= 11 is 0. The van der Waals surface area contributed by atoms with E-state index >= 15 is 0 Å². The molecule has 3 heterocycles. The van der Waals surface area contributed by atoms with Crippen LogP contribution in [0.4, 0.5) is 5.82 Å². The predicted octanol–water partition coefficient (Wildman–Crippen LogP) is 2.20. The number of piperidine rings is 1. The van der Waals surface area contributed by atoms with Gasteiger partial charge in [0.15, 0.2) is 5.82 Å². The van der Waals surface area contributed by atoms with Gasteiger partial charge in [-0.25, -0.2) is 0 Å². The van der Waals surface area contributed by atoms with Crippen molar-refractivity contribution in [1.29, 1.82) is 0 Å². The Bertz CT molecular complexity index is 465. The minimum atomic E-state index is 0.110. The maximum absolute atomic E-state index is 6.04. The first-order valence-electron chi connectivity index (χ1n) is 7.98. The second-order valence-corrected chi connectivity index (χ2v) is 6.21. The molecule has 0 spiro atoms. The van der Waals surface area contributed by atoms with Crippen molar-refractivity contribution in [2.45, 2.75) is 39.2 Å². The van der Waals surface area contributed by atoms with E-state index in [-0.39, 0.29) is 5.41 Å². The average molecular weight is 291 g/mol. The maximum atomic E-state index is 6.04. The fourth-order valence-corrected chi connectivity index (χ4v) is 3.56. The van der Waals surface area contributed by atoms with E-state index in [0.717, 1.165) is 57.3 Å². The first-order valence-corrected chi connectivity index (χ1v) is 7.98. The highest BCUT2D eigenvalue weighted by molar-refractivity contribution is 5.39. The van der Waals surface area contributed by atoms with Crippen molar-refractivity contribution >= 4 is 5.82 Å². The molecule has 0 radical (unpaired) electrons. The third kappa shape index (κ3) is 3.04. The van der Waals surface area contributed by atoms with Crippen molar-refractivity contribution in [3.05, 3.63) is 17.8 Å². The third-order valence-corrected chi connectivity index (χ3v) is 4.69. The standard InChI is InChI=1S/C16H25N3O2/c1-3-20-12-16-8-4-10-21-14(16)7-9-19(11-16)15-6-5-13(2)17-18-15/h5-6,14H,3-4,7-12H2,1-2H3/t14-,16-/m0/s1. The largest absolute Gasteiger partial charge is 0.381 e. The van der Waals surface area contributed by atoms with Crippen molar-refractivity contribution < 1.29 is 9.47 Å². The van der Waals surface area contributed by atoms with Crippen molar-refractivity contribution in [3.63, 3.8) is 0 Å². The lowest BCUT2D eigenvalue weighted by molar-refractivity contribution is -0.124. The van der Waals surface area contributed by atoms with Crippen molar-refractivity contribution in [1.82, 2.24) is 10.2 Å². The van der Waals surface area contributed by atoms with Crippen LogP contribution >= 0.6 is 0 Å². The van der Waals surface area contributed by atoms with Gasteiger partial charge in [-0.2, -0.15) is 5.10 Å². The molecule has 2 aliphatic rings. The number of rotatable bonds is 4. The highest BCUT2D eigenvalue weighted by atomic mass is 16.5. The fourth-order valence-electron chi connectivity index (χ4n) is 3.56. The van der Waals surface area contributed by atoms with E-state index in [1.807, 2.05) is 13.0 Å². The van der Waals surface area contributed by atoms with Crippen molar-refractivity contribution in [3.8, 4) is 0 Å². The molecule has 2 saturated heterocycles. The van der Waals surface area contributed by atoms with Crippen LogP contribution in [0.2, 0.25) is 0 Å². The zero-order chi connectivity index (χ0) is 14.7. The Morgan fingerprint density at radius 1 is 1.43 bits per heavy atom. The SMILES string of the molecule is CCOC[C@@]12CCCO[C@H]1CCN(c1ccc(C)nn1)C2. The summed E-state index contributed by atoms with van der Waals surface area (Å²) in [4.78, 5) is 2.34. The van der Waals surface area contributed by atoms with Crippen LogP contribution in [0.3, 0.4) is 0 Å². The number of hydrogen-bond donors (Lipinski definition) is 0. The van der Waals surface area contributed by atoms with Crippen LogP contribution in [0.25, 0.3) is 0 Å². The molecular formula is C16H25N3O2. The molecule has 0 unspecified atom stereocenters. The van der Waals surface area contributed by atoms with Crippen LogP contribution in [0.15, 0.2) is 12.1 Å². The molecule has 2 atom stereocenters. The molecule has 5 nitrogen and oxygen atoms in total. The van der Waals surface area contributed by atoms with Gasteiger partial charge < -0.3 is 14.4 Å². The topological polar surface area (TPSA) is 47.5 Å². The zero-order valence-corrected chi connectivity index (χ0v) is 13.0. The van der Waals surface area contributed by atoms with Gasteiger partial charge in [-0.05, 0) is 45.2 Å². The molecular weight excluding hydrogens is 266 g/mol. The monoisotopic (exact) mass is 291 g/mol. The van der Waals surface area contributed by atoms with Crippen molar-refractivity contribution in [2.24, 2.45) is 5.41 Å². The van der Waals surface area contributed by atoms with Crippen molar-refractivity contribution in [2.75, 3.05) is 37.8 Å². The summed E-state index contributed by atoms with van der Waals surface area (Å²) in [5, 5.41) is 8.53. The summed E-state index contributed by atoms with van der Waals surface area (Å²) in [7, 11) is 0. The molecule has 0 bridgehead atoms. The normalized spacial score (nSPS) is 29.2. The van der Waals surface area contributed by atoms with Gasteiger partial charge >= 0.3 is 0 Å². The van der Waals surface area contributed by atoms with E-state index in [4.69, 9.17) is 9.47 Å². The lowest BCUT2D eigenvalue weighted by Gasteiger charge is -2.50. The van der Waals surface area contributed by atoms with Gasteiger partial charge in [0.25, 0.3) is 0 Å². The van der Waals surface area contributed by atoms with Gasteiger partial charge in [0.05, 0.1) is 18.4 Å². The summed E-state index contributed by atoms with van der Waals surface area (Å²) in [6.45, 7) is 8.40. The first kappa shape index (κ1) is 14.7. The van der Waals surface area contributed by atoms with E-state index in [1.54, 1.807) is 0 Å². The Hall–Kier alpha value is -1.20. The minimum absolute atomic E-state index is 0.110. The van der Waals surface area contributed by atoms with Crippen LogP contribution in [-0.2, 0) is 9.47 Å². The van der Waals surface area contributed by atoms with E-state index in [1.165, 1.54) is 6.42 Å². The Balaban J connectivity index is 1.78. The number of fused-ring (bicyclic) bond motifs is 1. The molecule has 0 N–H and O–H groups in total. The average Bonchev–Trinajstić information content (AvgIpc) is 2.53. The van der Waals surface area contributed by atoms with Gasteiger partial charge in [0, 0.05) is 31.7 Å². The number of ether oxygens (including phenoxy) is 2. The molecule has 0 amide bonds. The molecule has 21 heavy (non-hydrogen) atoms. The summed E-state index contributed by atoms with van der Waals surface area (Å²) in [5.74, 6) is 0.973. The highest BCUT2D eigenvalue weighted by Gasteiger charge is 2.46. The number of aryl methyl sites for hydroxylation is 1. The van der Waals surface area contributed by atoms with Gasteiger partial charge in [-0.3, -0.25) is 0 Å². The Kier molecular flexibility index (Phi) is 4.40. The summed E-state index contributed by atoms with van der Waals surface area (Å²) in [6, 6.07) is 4.10.